The average molecular weight is 238 g/mol. The number of rotatable bonds is 4. The van der Waals surface area contributed by atoms with Gasteiger partial charge < -0.3 is 10.2 Å². The summed E-state index contributed by atoms with van der Waals surface area (Å²) in [6.45, 7) is 4.33. The summed E-state index contributed by atoms with van der Waals surface area (Å²) < 4.78 is 0. The van der Waals surface area contributed by atoms with Crippen molar-refractivity contribution < 1.29 is 4.79 Å². The molecule has 2 rings (SSSR count). The summed E-state index contributed by atoms with van der Waals surface area (Å²) >= 11 is 0. The van der Waals surface area contributed by atoms with Crippen molar-refractivity contribution in [1.29, 1.82) is 0 Å². The first kappa shape index (κ1) is 12.9. The fourth-order valence-electron chi connectivity index (χ4n) is 3.03. The number of nitrogens with zero attached hydrogens (tertiary/aromatic N) is 1. The summed E-state index contributed by atoms with van der Waals surface area (Å²) in [5.74, 6) is 0.622. The quantitative estimate of drug-likeness (QED) is 0.814. The molecule has 2 fully saturated rings. The predicted molar refractivity (Wildman–Crippen MR) is 69.9 cm³/mol. The molecule has 0 atom stereocenters. The summed E-state index contributed by atoms with van der Waals surface area (Å²) in [5.41, 5.74) is 0. The molecule has 1 N–H and O–H groups in total. The van der Waals surface area contributed by atoms with Crippen LogP contribution in [-0.2, 0) is 4.79 Å². The molecular weight excluding hydrogens is 212 g/mol. The van der Waals surface area contributed by atoms with Crippen molar-refractivity contribution in [3.63, 3.8) is 0 Å². The molecule has 0 aromatic heterocycles. The van der Waals surface area contributed by atoms with Gasteiger partial charge >= 0.3 is 0 Å². The normalized spacial score (nSPS) is 23.5. The highest BCUT2D eigenvalue weighted by Crippen LogP contribution is 2.24. The van der Waals surface area contributed by atoms with Crippen LogP contribution in [0.5, 0.6) is 0 Å². The van der Waals surface area contributed by atoms with Crippen LogP contribution in [0.4, 0.5) is 0 Å². The predicted octanol–water partition coefficient (Wildman–Crippen LogP) is 2.17. The Kier molecular flexibility index (Phi) is 5.30. The molecule has 2 aliphatic rings. The molecule has 98 valence electrons. The van der Waals surface area contributed by atoms with Crippen molar-refractivity contribution in [2.24, 2.45) is 5.92 Å². The van der Waals surface area contributed by atoms with Gasteiger partial charge in [-0.2, -0.15) is 0 Å². The Balaban J connectivity index is 1.59. The molecule has 1 aliphatic heterocycles. The first-order valence-corrected chi connectivity index (χ1v) is 7.36. The summed E-state index contributed by atoms with van der Waals surface area (Å²) in [4.78, 5) is 14.3. The zero-order chi connectivity index (χ0) is 11.9. The topological polar surface area (TPSA) is 32.3 Å². The Morgan fingerprint density at radius 2 is 1.65 bits per heavy atom. The third-order valence-electron chi connectivity index (χ3n) is 4.15. The fourth-order valence-corrected chi connectivity index (χ4v) is 3.03. The Morgan fingerprint density at radius 1 is 1.00 bits per heavy atom. The van der Waals surface area contributed by atoms with Crippen molar-refractivity contribution in [3.8, 4) is 0 Å². The minimum atomic E-state index is 0.303. The largest absolute Gasteiger partial charge is 0.355 e. The van der Waals surface area contributed by atoms with Gasteiger partial charge in [-0.1, -0.05) is 25.7 Å². The lowest BCUT2D eigenvalue weighted by Gasteiger charge is -2.20. The molecule has 0 aromatic carbocycles. The number of likely N-dealkylation sites (tertiary alicyclic amines) is 1. The zero-order valence-electron chi connectivity index (χ0n) is 10.9. The molecule has 1 heterocycles. The van der Waals surface area contributed by atoms with Crippen molar-refractivity contribution in [2.45, 2.75) is 51.4 Å². The number of carbonyl (C=O) groups excluding carboxylic acids is 1. The van der Waals surface area contributed by atoms with Crippen LogP contribution in [0.25, 0.3) is 0 Å². The van der Waals surface area contributed by atoms with Gasteiger partial charge in [-0.3, -0.25) is 4.79 Å². The monoisotopic (exact) mass is 238 g/mol. The molecule has 1 amide bonds. The van der Waals surface area contributed by atoms with Gasteiger partial charge in [0, 0.05) is 19.0 Å². The first-order valence-electron chi connectivity index (χ1n) is 7.36. The summed E-state index contributed by atoms with van der Waals surface area (Å²) in [6.07, 6.45) is 10.1. The van der Waals surface area contributed by atoms with E-state index in [2.05, 4.69) is 10.2 Å². The average Bonchev–Trinajstić information content (AvgIpc) is 2.75. The highest BCUT2D eigenvalue weighted by atomic mass is 16.1. The lowest BCUT2D eigenvalue weighted by atomic mass is 10.1. The highest BCUT2D eigenvalue weighted by Gasteiger charge is 2.22. The second-order valence-electron chi connectivity index (χ2n) is 5.53. The smallest absolute Gasteiger partial charge is 0.223 e. The fraction of sp³-hybridized carbons (Fsp3) is 0.929. The van der Waals surface area contributed by atoms with Gasteiger partial charge in [-0.25, -0.2) is 0 Å². The van der Waals surface area contributed by atoms with Crippen molar-refractivity contribution >= 4 is 5.91 Å². The number of hydrogen-bond acceptors (Lipinski definition) is 2. The molecule has 3 nitrogen and oxygen atoms in total. The van der Waals surface area contributed by atoms with E-state index in [4.69, 9.17) is 0 Å². The number of carbonyl (C=O) groups is 1. The molecular formula is C14H26N2O. The van der Waals surface area contributed by atoms with Crippen LogP contribution >= 0.6 is 0 Å². The van der Waals surface area contributed by atoms with E-state index in [1.165, 1.54) is 51.6 Å². The summed E-state index contributed by atoms with van der Waals surface area (Å²) in [5, 5.41) is 3.11. The maximum Gasteiger partial charge on any atom is 0.223 e. The summed E-state index contributed by atoms with van der Waals surface area (Å²) in [7, 11) is 0. The van der Waals surface area contributed by atoms with Gasteiger partial charge in [0.2, 0.25) is 5.91 Å². The molecule has 0 bridgehead atoms. The van der Waals surface area contributed by atoms with E-state index in [-0.39, 0.29) is 0 Å². The molecule has 1 saturated heterocycles. The van der Waals surface area contributed by atoms with E-state index < -0.39 is 0 Å². The van der Waals surface area contributed by atoms with Gasteiger partial charge in [-0.15, -0.1) is 0 Å². The summed E-state index contributed by atoms with van der Waals surface area (Å²) in [6, 6.07) is 0. The van der Waals surface area contributed by atoms with Gasteiger partial charge in [0.25, 0.3) is 0 Å². The number of nitrogens with one attached hydrogen (secondary N) is 1. The number of amides is 1. The van der Waals surface area contributed by atoms with Gasteiger partial charge in [0.1, 0.15) is 0 Å². The Bertz CT molecular complexity index is 228. The number of hydrogen-bond donors (Lipinski definition) is 1. The van der Waals surface area contributed by atoms with Crippen LogP contribution in [0.3, 0.4) is 0 Å². The molecule has 0 unspecified atom stereocenters. The molecule has 3 heteroatoms. The Hall–Kier alpha value is -0.570. The van der Waals surface area contributed by atoms with Crippen LogP contribution in [-0.4, -0.2) is 37.0 Å². The molecule has 0 aromatic rings. The molecule has 0 spiro atoms. The second kappa shape index (κ2) is 7.00. The molecule has 0 radical (unpaired) electrons. The van der Waals surface area contributed by atoms with Crippen molar-refractivity contribution in [3.05, 3.63) is 0 Å². The zero-order valence-corrected chi connectivity index (χ0v) is 10.9. The van der Waals surface area contributed by atoms with Gasteiger partial charge in [0.05, 0.1) is 0 Å². The van der Waals surface area contributed by atoms with Gasteiger partial charge in [0.15, 0.2) is 0 Å². The van der Waals surface area contributed by atoms with Crippen LogP contribution in [0.1, 0.15) is 51.4 Å². The molecule has 1 saturated carbocycles. The minimum Gasteiger partial charge on any atom is -0.355 e. The van der Waals surface area contributed by atoms with Gasteiger partial charge in [-0.05, 0) is 38.8 Å². The Labute approximate surface area is 105 Å². The van der Waals surface area contributed by atoms with Crippen LogP contribution < -0.4 is 5.32 Å². The third kappa shape index (κ3) is 4.30. The van der Waals surface area contributed by atoms with E-state index in [0.29, 0.717) is 11.8 Å². The van der Waals surface area contributed by atoms with E-state index in [0.717, 1.165) is 25.9 Å². The lowest BCUT2D eigenvalue weighted by molar-refractivity contribution is -0.124. The van der Waals surface area contributed by atoms with E-state index in [1.807, 2.05) is 0 Å². The standard InChI is InChI=1S/C14H26N2O/c17-14(13-7-3-4-8-13)15-9-12-16-10-5-1-2-6-11-16/h13H,1-12H2,(H,15,17). The first-order chi connectivity index (χ1) is 8.36. The minimum absolute atomic E-state index is 0.303. The van der Waals surface area contributed by atoms with Crippen LogP contribution in [0, 0.1) is 5.92 Å². The van der Waals surface area contributed by atoms with Crippen LogP contribution in [0.15, 0.2) is 0 Å². The van der Waals surface area contributed by atoms with Crippen molar-refractivity contribution in [1.82, 2.24) is 10.2 Å². The maximum atomic E-state index is 11.8. The lowest BCUT2D eigenvalue weighted by Crippen LogP contribution is -2.37. The van der Waals surface area contributed by atoms with E-state index >= 15 is 0 Å². The second-order valence-corrected chi connectivity index (χ2v) is 5.53. The molecule has 1 aliphatic carbocycles. The molecule has 17 heavy (non-hydrogen) atoms. The highest BCUT2D eigenvalue weighted by molar-refractivity contribution is 5.78. The van der Waals surface area contributed by atoms with Crippen molar-refractivity contribution in [2.75, 3.05) is 26.2 Å². The van der Waals surface area contributed by atoms with E-state index in [1.54, 1.807) is 0 Å². The Morgan fingerprint density at radius 3 is 2.29 bits per heavy atom. The third-order valence-corrected chi connectivity index (χ3v) is 4.15. The van der Waals surface area contributed by atoms with Crippen LogP contribution in [0.2, 0.25) is 0 Å². The SMILES string of the molecule is O=C(NCCN1CCCCCC1)C1CCCC1. The maximum absolute atomic E-state index is 11.8. The van der Waals surface area contributed by atoms with E-state index in [9.17, 15) is 4.79 Å².